The molecule has 96 valence electrons. The van der Waals surface area contributed by atoms with Crippen molar-refractivity contribution in [1.29, 1.82) is 0 Å². The maximum absolute atomic E-state index is 5.79. The minimum Gasteiger partial charge on any atom is -0.399 e. The van der Waals surface area contributed by atoms with E-state index < -0.39 is 0 Å². The molecule has 0 atom stereocenters. The minimum absolute atomic E-state index is 0.751. The van der Waals surface area contributed by atoms with E-state index in [1.165, 1.54) is 0 Å². The highest BCUT2D eigenvalue weighted by Crippen LogP contribution is 2.24. The SMILES string of the molecule is Cc1cc2nnc(-c3ccc(N)cc3C)n2c(C)n1. The van der Waals surface area contributed by atoms with E-state index in [4.69, 9.17) is 5.73 Å². The lowest BCUT2D eigenvalue weighted by atomic mass is 10.1. The Morgan fingerprint density at radius 1 is 1.05 bits per heavy atom. The summed E-state index contributed by atoms with van der Waals surface area (Å²) < 4.78 is 1.96. The monoisotopic (exact) mass is 253 g/mol. The molecule has 2 heterocycles. The molecule has 0 unspecified atom stereocenters. The van der Waals surface area contributed by atoms with Crippen molar-refractivity contribution < 1.29 is 0 Å². The van der Waals surface area contributed by atoms with E-state index in [-0.39, 0.29) is 0 Å². The number of anilines is 1. The first-order valence-electron chi connectivity index (χ1n) is 6.12. The topological polar surface area (TPSA) is 69.1 Å². The molecule has 0 aliphatic rings. The predicted octanol–water partition coefficient (Wildman–Crippen LogP) is 2.30. The van der Waals surface area contributed by atoms with E-state index in [0.29, 0.717) is 0 Å². The van der Waals surface area contributed by atoms with Crippen LogP contribution in [0.15, 0.2) is 24.3 Å². The van der Waals surface area contributed by atoms with E-state index in [9.17, 15) is 0 Å². The summed E-state index contributed by atoms with van der Waals surface area (Å²) in [5.74, 6) is 1.68. The van der Waals surface area contributed by atoms with Gasteiger partial charge in [0.15, 0.2) is 11.5 Å². The molecule has 3 aromatic rings. The number of rotatable bonds is 1. The van der Waals surface area contributed by atoms with Crippen molar-refractivity contribution in [3.8, 4) is 11.4 Å². The van der Waals surface area contributed by atoms with Gasteiger partial charge in [0, 0.05) is 23.0 Å². The van der Waals surface area contributed by atoms with Gasteiger partial charge in [-0.25, -0.2) is 4.98 Å². The Bertz CT molecular complexity index is 773. The summed E-state index contributed by atoms with van der Waals surface area (Å²) in [7, 11) is 0. The van der Waals surface area contributed by atoms with E-state index in [0.717, 1.165) is 39.8 Å². The maximum Gasteiger partial charge on any atom is 0.170 e. The molecule has 0 fully saturated rings. The molecule has 3 rings (SSSR count). The number of hydrogen-bond donors (Lipinski definition) is 1. The third kappa shape index (κ3) is 1.83. The number of fused-ring (bicyclic) bond motifs is 1. The highest BCUT2D eigenvalue weighted by Gasteiger charge is 2.13. The first kappa shape index (κ1) is 11.6. The van der Waals surface area contributed by atoms with Crippen LogP contribution in [0.4, 0.5) is 5.69 Å². The second-order valence-electron chi connectivity index (χ2n) is 4.74. The van der Waals surface area contributed by atoms with Gasteiger partial charge in [0.25, 0.3) is 0 Å². The van der Waals surface area contributed by atoms with E-state index in [1.807, 2.05) is 49.4 Å². The van der Waals surface area contributed by atoms with Gasteiger partial charge in [0.1, 0.15) is 5.82 Å². The largest absolute Gasteiger partial charge is 0.399 e. The zero-order chi connectivity index (χ0) is 13.6. The Kier molecular flexibility index (Phi) is 2.48. The summed E-state index contributed by atoms with van der Waals surface area (Å²) in [5, 5.41) is 8.51. The molecule has 0 radical (unpaired) electrons. The molecule has 0 aliphatic heterocycles. The van der Waals surface area contributed by atoms with Crippen LogP contribution in [0, 0.1) is 20.8 Å². The van der Waals surface area contributed by atoms with Crippen LogP contribution in [0.25, 0.3) is 17.0 Å². The fourth-order valence-corrected chi connectivity index (χ4v) is 2.35. The van der Waals surface area contributed by atoms with Crippen molar-refractivity contribution in [2.75, 3.05) is 5.73 Å². The highest BCUT2D eigenvalue weighted by atomic mass is 15.3. The van der Waals surface area contributed by atoms with Crippen LogP contribution in [0.2, 0.25) is 0 Å². The fraction of sp³-hybridized carbons (Fsp3) is 0.214. The normalized spacial score (nSPS) is 11.1. The van der Waals surface area contributed by atoms with Gasteiger partial charge >= 0.3 is 0 Å². The summed E-state index contributed by atoms with van der Waals surface area (Å²) in [6, 6.07) is 7.71. The van der Waals surface area contributed by atoms with Gasteiger partial charge in [-0.15, -0.1) is 10.2 Å². The number of nitrogens with two attached hydrogens (primary N) is 1. The third-order valence-electron chi connectivity index (χ3n) is 3.18. The zero-order valence-electron chi connectivity index (χ0n) is 11.2. The molecule has 5 heteroatoms. The zero-order valence-corrected chi connectivity index (χ0v) is 11.2. The molecular formula is C14H15N5. The van der Waals surface area contributed by atoms with Gasteiger partial charge < -0.3 is 5.73 Å². The molecule has 0 bridgehead atoms. The Morgan fingerprint density at radius 3 is 2.58 bits per heavy atom. The summed E-state index contributed by atoms with van der Waals surface area (Å²) >= 11 is 0. The molecule has 0 saturated heterocycles. The molecule has 1 aromatic carbocycles. The predicted molar refractivity (Wildman–Crippen MR) is 74.8 cm³/mol. The molecule has 2 aromatic heterocycles. The van der Waals surface area contributed by atoms with E-state index in [2.05, 4.69) is 15.2 Å². The van der Waals surface area contributed by atoms with Gasteiger partial charge in [-0.3, -0.25) is 4.40 Å². The lowest BCUT2D eigenvalue weighted by Gasteiger charge is -2.07. The van der Waals surface area contributed by atoms with E-state index >= 15 is 0 Å². The second kappa shape index (κ2) is 4.05. The summed E-state index contributed by atoms with van der Waals surface area (Å²) in [6.45, 7) is 5.93. The molecule has 0 spiro atoms. The van der Waals surface area contributed by atoms with Crippen molar-refractivity contribution >= 4 is 11.3 Å². The number of benzene rings is 1. The molecule has 0 saturated carbocycles. The van der Waals surface area contributed by atoms with Crippen molar-refractivity contribution in [3.63, 3.8) is 0 Å². The van der Waals surface area contributed by atoms with Gasteiger partial charge in [0.2, 0.25) is 0 Å². The number of hydrogen-bond acceptors (Lipinski definition) is 4. The number of aromatic nitrogens is 4. The minimum atomic E-state index is 0.751. The maximum atomic E-state index is 5.79. The number of nitrogen functional groups attached to an aromatic ring is 1. The van der Waals surface area contributed by atoms with Gasteiger partial charge in [-0.2, -0.15) is 0 Å². The van der Waals surface area contributed by atoms with Crippen molar-refractivity contribution in [3.05, 3.63) is 41.3 Å². The van der Waals surface area contributed by atoms with Gasteiger partial charge in [-0.1, -0.05) is 0 Å². The summed E-state index contributed by atoms with van der Waals surface area (Å²) in [5.41, 5.74) is 10.4. The standard InChI is InChI=1S/C14H15N5/c1-8-6-11(15)4-5-12(8)14-18-17-13-7-9(2)16-10(3)19(13)14/h4-7H,15H2,1-3H3. The van der Waals surface area contributed by atoms with Crippen LogP contribution in [-0.2, 0) is 0 Å². The van der Waals surface area contributed by atoms with Gasteiger partial charge in [0.05, 0.1) is 0 Å². The lowest BCUT2D eigenvalue weighted by molar-refractivity contribution is 0.961. The molecule has 0 amide bonds. The van der Waals surface area contributed by atoms with Crippen LogP contribution in [-0.4, -0.2) is 19.6 Å². The number of nitrogens with zero attached hydrogens (tertiary/aromatic N) is 4. The Balaban J connectivity index is 2.31. The average Bonchev–Trinajstić information content (AvgIpc) is 2.72. The summed E-state index contributed by atoms with van der Waals surface area (Å²) in [4.78, 5) is 4.47. The van der Waals surface area contributed by atoms with Crippen LogP contribution in [0.3, 0.4) is 0 Å². The quantitative estimate of drug-likeness (QED) is 0.676. The fourth-order valence-electron chi connectivity index (χ4n) is 2.35. The number of aryl methyl sites for hydroxylation is 3. The Hall–Kier alpha value is -2.43. The first-order chi connectivity index (χ1) is 9.06. The highest BCUT2D eigenvalue weighted by molar-refractivity contribution is 5.66. The second-order valence-corrected chi connectivity index (χ2v) is 4.74. The Labute approximate surface area is 111 Å². The molecule has 5 nitrogen and oxygen atoms in total. The van der Waals surface area contributed by atoms with E-state index in [1.54, 1.807) is 0 Å². The van der Waals surface area contributed by atoms with Crippen LogP contribution < -0.4 is 5.73 Å². The molecular weight excluding hydrogens is 238 g/mol. The van der Waals surface area contributed by atoms with Crippen molar-refractivity contribution in [2.24, 2.45) is 0 Å². The lowest BCUT2D eigenvalue weighted by Crippen LogP contribution is -2.00. The van der Waals surface area contributed by atoms with Crippen LogP contribution in [0.5, 0.6) is 0 Å². The van der Waals surface area contributed by atoms with Crippen molar-refractivity contribution in [2.45, 2.75) is 20.8 Å². The van der Waals surface area contributed by atoms with Crippen LogP contribution >= 0.6 is 0 Å². The van der Waals surface area contributed by atoms with Crippen molar-refractivity contribution in [1.82, 2.24) is 19.6 Å². The first-order valence-corrected chi connectivity index (χ1v) is 6.12. The van der Waals surface area contributed by atoms with Gasteiger partial charge in [-0.05, 0) is 44.5 Å². The summed E-state index contributed by atoms with van der Waals surface area (Å²) in [6.07, 6.45) is 0. The smallest absolute Gasteiger partial charge is 0.170 e. The average molecular weight is 253 g/mol. The molecule has 19 heavy (non-hydrogen) atoms. The molecule has 2 N–H and O–H groups in total. The molecule has 0 aliphatic carbocycles. The third-order valence-corrected chi connectivity index (χ3v) is 3.18. The Morgan fingerprint density at radius 2 is 1.84 bits per heavy atom. The van der Waals surface area contributed by atoms with Crippen LogP contribution in [0.1, 0.15) is 17.1 Å².